The molecule has 0 amide bonds. The molecule has 0 saturated carbocycles. The van der Waals surface area contributed by atoms with Crippen LogP contribution in [0.4, 0.5) is 8.78 Å². The van der Waals surface area contributed by atoms with E-state index in [2.05, 4.69) is 31.9 Å². The topological polar surface area (TPSA) is 9.23 Å². The van der Waals surface area contributed by atoms with E-state index in [1.807, 2.05) is 0 Å². The van der Waals surface area contributed by atoms with Crippen LogP contribution >= 0.6 is 31.9 Å². The maximum atomic E-state index is 13.5. The van der Waals surface area contributed by atoms with Gasteiger partial charge in [0.05, 0.1) is 4.47 Å². The second-order valence-corrected chi connectivity index (χ2v) is 5.29. The third kappa shape index (κ3) is 3.09. The number of halogens is 4. The fraction of sp³-hybridized carbons (Fsp3) is 0.0769. The van der Waals surface area contributed by atoms with E-state index < -0.39 is 5.82 Å². The molecule has 0 aromatic heterocycles. The quantitative estimate of drug-likeness (QED) is 0.725. The summed E-state index contributed by atoms with van der Waals surface area (Å²) in [6.07, 6.45) is 0. The second kappa shape index (κ2) is 5.80. The van der Waals surface area contributed by atoms with E-state index in [-0.39, 0.29) is 18.2 Å². The van der Waals surface area contributed by atoms with Crippen molar-refractivity contribution in [1.29, 1.82) is 0 Å². The normalized spacial score (nSPS) is 10.4. The summed E-state index contributed by atoms with van der Waals surface area (Å²) in [6, 6.07) is 9.15. The minimum absolute atomic E-state index is 0.0941. The van der Waals surface area contributed by atoms with Crippen LogP contribution in [0, 0.1) is 11.6 Å². The van der Waals surface area contributed by atoms with Crippen LogP contribution in [0.15, 0.2) is 45.3 Å². The molecular formula is C13H8Br2F2O. The number of ether oxygens (including phenoxy) is 1. The number of hydrogen-bond donors (Lipinski definition) is 0. The average Bonchev–Trinajstić information content (AvgIpc) is 2.33. The highest BCUT2D eigenvalue weighted by Crippen LogP contribution is 2.25. The molecule has 0 aliphatic heterocycles. The molecule has 2 aromatic carbocycles. The van der Waals surface area contributed by atoms with Crippen LogP contribution in [0.5, 0.6) is 5.75 Å². The van der Waals surface area contributed by atoms with Crippen molar-refractivity contribution in [3.05, 3.63) is 62.5 Å². The lowest BCUT2D eigenvalue weighted by atomic mass is 10.2. The Kier molecular flexibility index (Phi) is 4.35. The number of rotatable bonds is 3. The molecule has 5 heteroatoms. The van der Waals surface area contributed by atoms with Gasteiger partial charge in [0.15, 0.2) is 11.6 Å². The summed E-state index contributed by atoms with van der Waals surface area (Å²) in [5.74, 6) is -0.696. The van der Waals surface area contributed by atoms with Crippen molar-refractivity contribution in [2.24, 2.45) is 0 Å². The molecule has 0 aliphatic carbocycles. The van der Waals surface area contributed by atoms with Crippen LogP contribution in [-0.4, -0.2) is 0 Å². The minimum Gasteiger partial charge on any atom is -0.486 e. The van der Waals surface area contributed by atoms with E-state index in [1.165, 1.54) is 18.2 Å². The summed E-state index contributed by atoms with van der Waals surface area (Å²) in [4.78, 5) is 0. The molecule has 18 heavy (non-hydrogen) atoms. The second-order valence-electron chi connectivity index (χ2n) is 3.58. The van der Waals surface area contributed by atoms with Gasteiger partial charge >= 0.3 is 0 Å². The molecule has 0 heterocycles. The summed E-state index contributed by atoms with van der Waals surface area (Å²) in [5.41, 5.74) is 0.623. The van der Waals surface area contributed by atoms with E-state index >= 15 is 0 Å². The van der Waals surface area contributed by atoms with Crippen LogP contribution in [0.1, 0.15) is 5.56 Å². The Bertz CT molecular complexity index is 573. The van der Waals surface area contributed by atoms with Crippen molar-refractivity contribution in [1.82, 2.24) is 0 Å². The fourth-order valence-electron chi connectivity index (χ4n) is 1.41. The summed E-state index contributed by atoms with van der Waals surface area (Å²) in [6.45, 7) is 0.0941. The first-order valence-corrected chi connectivity index (χ1v) is 6.67. The van der Waals surface area contributed by atoms with Gasteiger partial charge < -0.3 is 4.74 Å². The summed E-state index contributed by atoms with van der Waals surface area (Å²) < 4.78 is 33.0. The van der Waals surface area contributed by atoms with Crippen molar-refractivity contribution < 1.29 is 13.5 Å². The first-order chi connectivity index (χ1) is 8.58. The van der Waals surface area contributed by atoms with Gasteiger partial charge in [-0.25, -0.2) is 8.78 Å². The van der Waals surface area contributed by atoms with Gasteiger partial charge in [-0.2, -0.15) is 0 Å². The lowest BCUT2D eigenvalue weighted by Crippen LogP contribution is -1.99. The Balaban J connectivity index is 2.14. The lowest BCUT2D eigenvalue weighted by Gasteiger charge is -2.09. The highest BCUT2D eigenvalue weighted by molar-refractivity contribution is 9.10. The monoisotopic (exact) mass is 376 g/mol. The molecular weight excluding hydrogens is 370 g/mol. The fourth-order valence-corrected chi connectivity index (χ4v) is 2.12. The van der Waals surface area contributed by atoms with Gasteiger partial charge in [-0.15, -0.1) is 0 Å². The Morgan fingerprint density at radius 3 is 2.50 bits per heavy atom. The van der Waals surface area contributed by atoms with Gasteiger partial charge in [-0.1, -0.05) is 28.1 Å². The molecule has 0 N–H and O–H groups in total. The Labute approximate surface area is 120 Å². The third-order valence-electron chi connectivity index (χ3n) is 2.31. The predicted molar refractivity (Wildman–Crippen MR) is 72.5 cm³/mol. The van der Waals surface area contributed by atoms with Gasteiger partial charge in [0, 0.05) is 10.0 Å². The highest BCUT2D eigenvalue weighted by Gasteiger charge is 2.08. The first kappa shape index (κ1) is 13.5. The zero-order valence-electron chi connectivity index (χ0n) is 9.09. The summed E-state index contributed by atoms with van der Waals surface area (Å²) in [7, 11) is 0. The molecule has 0 fully saturated rings. The zero-order chi connectivity index (χ0) is 13.1. The van der Waals surface area contributed by atoms with E-state index in [9.17, 15) is 8.78 Å². The van der Waals surface area contributed by atoms with E-state index in [1.54, 1.807) is 18.2 Å². The molecule has 0 aliphatic rings. The predicted octanol–water partition coefficient (Wildman–Crippen LogP) is 5.07. The molecule has 0 bridgehead atoms. The molecule has 2 rings (SSSR count). The SMILES string of the molecule is Fc1cc(Br)ccc1OCc1cccc(F)c1Br. The van der Waals surface area contributed by atoms with Crippen molar-refractivity contribution >= 4 is 31.9 Å². The molecule has 2 aromatic rings. The zero-order valence-corrected chi connectivity index (χ0v) is 12.3. The summed E-state index contributed by atoms with van der Waals surface area (Å²) in [5, 5.41) is 0. The lowest BCUT2D eigenvalue weighted by molar-refractivity contribution is 0.289. The molecule has 94 valence electrons. The molecule has 0 radical (unpaired) electrons. The van der Waals surface area contributed by atoms with Crippen LogP contribution in [0.25, 0.3) is 0 Å². The van der Waals surface area contributed by atoms with Crippen molar-refractivity contribution in [3.8, 4) is 5.75 Å². The molecule has 1 nitrogen and oxygen atoms in total. The number of benzene rings is 2. The van der Waals surface area contributed by atoms with Gasteiger partial charge in [-0.05, 0) is 40.2 Å². The Morgan fingerprint density at radius 2 is 1.78 bits per heavy atom. The molecule has 0 atom stereocenters. The van der Waals surface area contributed by atoms with Gasteiger partial charge in [0.25, 0.3) is 0 Å². The molecule has 0 unspecified atom stereocenters. The largest absolute Gasteiger partial charge is 0.486 e. The first-order valence-electron chi connectivity index (χ1n) is 5.08. The maximum absolute atomic E-state index is 13.5. The molecule has 0 spiro atoms. The summed E-state index contributed by atoms with van der Waals surface area (Å²) >= 11 is 6.29. The van der Waals surface area contributed by atoms with Gasteiger partial charge in [0.1, 0.15) is 12.4 Å². The highest BCUT2D eigenvalue weighted by atomic mass is 79.9. The van der Waals surface area contributed by atoms with Crippen molar-refractivity contribution in [2.75, 3.05) is 0 Å². The van der Waals surface area contributed by atoms with E-state index in [0.717, 1.165) is 0 Å². The van der Waals surface area contributed by atoms with Crippen LogP contribution in [0.2, 0.25) is 0 Å². The van der Waals surface area contributed by atoms with Crippen molar-refractivity contribution in [3.63, 3.8) is 0 Å². The van der Waals surface area contributed by atoms with Crippen LogP contribution in [0.3, 0.4) is 0 Å². The Morgan fingerprint density at radius 1 is 1.00 bits per heavy atom. The van der Waals surface area contributed by atoms with Crippen LogP contribution in [-0.2, 0) is 6.61 Å². The van der Waals surface area contributed by atoms with Crippen LogP contribution < -0.4 is 4.74 Å². The van der Waals surface area contributed by atoms with E-state index in [0.29, 0.717) is 14.5 Å². The average molecular weight is 378 g/mol. The molecule has 0 saturated heterocycles. The smallest absolute Gasteiger partial charge is 0.166 e. The standard InChI is InChI=1S/C13H8Br2F2O/c14-9-4-5-12(11(17)6-9)18-7-8-2-1-3-10(16)13(8)15/h1-6H,7H2. The van der Waals surface area contributed by atoms with Crippen molar-refractivity contribution in [2.45, 2.75) is 6.61 Å². The third-order valence-corrected chi connectivity index (χ3v) is 3.69. The van der Waals surface area contributed by atoms with Gasteiger partial charge in [-0.3, -0.25) is 0 Å². The number of hydrogen-bond acceptors (Lipinski definition) is 1. The van der Waals surface area contributed by atoms with Gasteiger partial charge in [0.2, 0.25) is 0 Å². The van der Waals surface area contributed by atoms with E-state index in [4.69, 9.17) is 4.74 Å². The Hall–Kier alpha value is -0.940. The maximum Gasteiger partial charge on any atom is 0.166 e. The minimum atomic E-state index is -0.461.